The van der Waals surface area contributed by atoms with Gasteiger partial charge in [0, 0.05) is 25.7 Å². The number of hydrogen-bond acceptors (Lipinski definition) is 4. The smallest absolute Gasteiger partial charge is 0.272 e. The molecule has 0 spiro atoms. The van der Waals surface area contributed by atoms with Gasteiger partial charge in [-0.25, -0.2) is 9.37 Å². The molecule has 2 amide bonds. The van der Waals surface area contributed by atoms with Crippen molar-refractivity contribution < 1.29 is 14.0 Å². The van der Waals surface area contributed by atoms with E-state index < -0.39 is 17.4 Å². The Labute approximate surface area is 183 Å². The van der Waals surface area contributed by atoms with Crippen LogP contribution in [0.4, 0.5) is 4.39 Å². The molecule has 1 aliphatic heterocycles. The minimum absolute atomic E-state index is 0.260. The Bertz CT molecular complexity index is 993. The normalized spacial score (nSPS) is 15.7. The van der Waals surface area contributed by atoms with Crippen LogP contribution in [-0.2, 0) is 17.9 Å². The number of hydrogen-bond donors (Lipinski definition) is 2. The van der Waals surface area contributed by atoms with Crippen molar-refractivity contribution in [2.24, 2.45) is 5.41 Å². The van der Waals surface area contributed by atoms with Gasteiger partial charge in [-0.1, -0.05) is 32.9 Å². The van der Waals surface area contributed by atoms with E-state index >= 15 is 0 Å². The molecule has 0 fully saturated rings. The average molecular weight is 430 g/mol. The Morgan fingerprint density at radius 3 is 2.55 bits per heavy atom. The second-order valence-electron chi connectivity index (χ2n) is 9.32. The highest BCUT2D eigenvalue weighted by atomic mass is 19.1. The van der Waals surface area contributed by atoms with E-state index in [4.69, 9.17) is 0 Å². The summed E-state index contributed by atoms with van der Waals surface area (Å²) in [5.74, 6) is -0.397. The van der Waals surface area contributed by atoms with E-state index in [-0.39, 0.29) is 17.4 Å². The summed E-state index contributed by atoms with van der Waals surface area (Å²) < 4.78 is 16.3. The Morgan fingerprint density at radius 1 is 1.23 bits per heavy atom. The number of aromatic nitrogens is 2. The minimum atomic E-state index is -0.717. The summed E-state index contributed by atoms with van der Waals surface area (Å²) in [7, 11) is 3.55. The molecule has 1 atom stereocenters. The monoisotopic (exact) mass is 429 g/mol. The fourth-order valence-corrected chi connectivity index (χ4v) is 3.87. The predicted octanol–water partition coefficient (Wildman–Crippen LogP) is 2.72. The first-order valence-corrected chi connectivity index (χ1v) is 10.6. The molecule has 1 aromatic carbocycles. The van der Waals surface area contributed by atoms with Crippen molar-refractivity contribution in [3.63, 3.8) is 0 Å². The lowest BCUT2D eigenvalue weighted by Gasteiger charge is -2.29. The number of aryl methyl sites for hydroxylation is 1. The number of nitrogens with one attached hydrogen (secondary N) is 2. The number of likely N-dealkylation sites (N-methyl/N-ethyl adjacent to an activating group) is 1. The number of rotatable bonds is 4. The molecule has 31 heavy (non-hydrogen) atoms. The summed E-state index contributed by atoms with van der Waals surface area (Å²) in [6, 6.07) is 4.29. The summed E-state index contributed by atoms with van der Waals surface area (Å²) in [5, 5.41) is 5.50. The van der Waals surface area contributed by atoms with Crippen molar-refractivity contribution in [1.82, 2.24) is 25.1 Å². The number of amides is 2. The Hall–Kier alpha value is -2.74. The van der Waals surface area contributed by atoms with E-state index in [1.807, 2.05) is 38.5 Å². The Kier molecular flexibility index (Phi) is 6.50. The zero-order valence-corrected chi connectivity index (χ0v) is 19.2. The van der Waals surface area contributed by atoms with Crippen molar-refractivity contribution in [2.45, 2.75) is 53.2 Å². The van der Waals surface area contributed by atoms with Crippen LogP contribution in [0, 0.1) is 18.2 Å². The number of nitrogens with zero attached hydrogens (tertiary/aromatic N) is 3. The summed E-state index contributed by atoms with van der Waals surface area (Å²) in [6.45, 7) is 9.52. The largest absolute Gasteiger partial charge is 0.357 e. The number of imidazole rings is 1. The number of benzene rings is 1. The van der Waals surface area contributed by atoms with Crippen LogP contribution in [-0.4, -0.2) is 52.9 Å². The van der Waals surface area contributed by atoms with Crippen molar-refractivity contribution in [3.8, 4) is 11.4 Å². The zero-order valence-electron chi connectivity index (χ0n) is 19.2. The highest BCUT2D eigenvalue weighted by Crippen LogP contribution is 2.28. The molecule has 1 aliphatic rings. The van der Waals surface area contributed by atoms with Gasteiger partial charge in [0.15, 0.2) is 5.69 Å². The van der Waals surface area contributed by atoms with Crippen LogP contribution in [0.15, 0.2) is 18.2 Å². The molecule has 7 nitrogen and oxygen atoms in total. The van der Waals surface area contributed by atoms with E-state index in [1.165, 1.54) is 6.07 Å². The zero-order chi connectivity index (χ0) is 22.9. The van der Waals surface area contributed by atoms with Gasteiger partial charge in [0.1, 0.15) is 17.7 Å². The fourth-order valence-electron chi connectivity index (χ4n) is 3.87. The molecule has 3 rings (SSSR count). The predicted molar refractivity (Wildman–Crippen MR) is 118 cm³/mol. The molecule has 2 N–H and O–H groups in total. The lowest BCUT2D eigenvalue weighted by molar-refractivity contribution is -0.124. The molecule has 0 saturated carbocycles. The molecule has 0 aliphatic carbocycles. The van der Waals surface area contributed by atoms with Gasteiger partial charge >= 0.3 is 0 Å². The van der Waals surface area contributed by atoms with Gasteiger partial charge in [-0.05, 0) is 44.0 Å². The average Bonchev–Trinajstić information content (AvgIpc) is 2.93. The molecule has 8 heteroatoms. The number of carbonyl (C=O) groups excluding carboxylic acids is 2. The van der Waals surface area contributed by atoms with Gasteiger partial charge in [-0.3, -0.25) is 9.59 Å². The molecule has 1 aromatic heterocycles. The minimum Gasteiger partial charge on any atom is -0.357 e. The van der Waals surface area contributed by atoms with E-state index in [0.717, 1.165) is 18.7 Å². The summed E-state index contributed by atoms with van der Waals surface area (Å²) in [6.07, 6.45) is 0.894. The van der Waals surface area contributed by atoms with Gasteiger partial charge in [0.2, 0.25) is 5.91 Å². The Morgan fingerprint density at radius 2 is 1.94 bits per heavy atom. The molecule has 0 radical (unpaired) electrons. The first kappa shape index (κ1) is 22.9. The highest BCUT2D eigenvalue weighted by molar-refractivity contribution is 5.97. The maximum atomic E-state index is 14.3. The summed E-state index contributed by atoms with van der Waals surface area (Å²) >= 11 is 0. The topological polar surface area (TPSA) is 79.3 Å². The van der Waals surface area contributed by atoms with Gasteiger partial charge < -0.3 is 20.1 Å². The lowest BCUT2D eigenvalue weighted by Crippen LogP contribution is -2.53. The second kappa shape index (κ2) is 8.78. The lowest BCUT2D eigenvalue weighted by atomic mass is 9.86. The third-order valence-corrected chi connectivity index (χ3v) is 5.71. The number of fused-ring (bicyclic) bond motifs is 1. The maximum absolute atomic E-state index is 14.3. The van der Waals surface area contributed by atoms with Crippen LogP contribution in [0.1, 0.15) is 48.9 Å². The molecule has 2 aromatic rings. The third-order valence-electron chi connectivity index (χ3n) is 5.71. The van der Waals surface area contributed by atoms with E-state index in [9.17, 15) is 14.0 Å². The van der Waals surface area contributed by atoms with E-state index in [2.05, 4.69) is 20.5 Å². The molecular formula is C23H32FN5O2. The molecule has 0 unspecified atom stereocenters. The molecule has 168 valence electrons. The van der Waals surface area contributed by atoms with Gasteiger partial charge in [-0.15, -0.1) is 0 Å². The quantitative estimate of drug-likeness (QED) is 0.783. The fraction of sp³-hybridized carbons (Fsp3) is 0.522. The first-order chi connectivity index (χ1) is 14.5. The maximum Gasteiger partial charge on any atom is 0.272 e. The van der Waals surface area contributed by atoms with Crippen molar-refractivity contribution in [2.75, 3.05) is 20.6 Å². The SMILES string of the molecule is CNC(=O)[C@@H](NC(=O)c1nc(-c2ccc(C)c(F)c2)n2c1CN(C)CCC2)C(C)(C)C. The van der Waals surface area contributed by atoms with Crippen LogP contribution in [0.25, 0.3) is 11.4 Å². The first-order valence-electron chi connectivity index (χ1n) is 10.6. The number of carbonyl (C=O) groups is 2. The van der Waals surface area contributed by atoms with Gasteiger partial charge in [0.25, 0.3) is 5.91 Å². The van der Waals surface area contributed by atoms with Crippen molar-refractivity contribution >= 4 is 11.8 Å². The van der Waals surface area contributed by atoms with Crippen molar-refractivity contribution in [1.29, 1.82) is 0 Å². The Balaban J connectivity index is 2.07. The summed E-state index contributed by atoms with van der Waals surface area (Å²) in [4.78, 5) is 32.5. The van der Waals surface area contributed by atoms with Gasteiger partial charge in [0.05, 0.1) is 5.69 Å². The third kappa shape index (κ3) is 4.79. The van der Waals surface area contributed by atoms with Crippen LogP contribution in [0.3, 0.4) is 0 Å². The van der Waals surface area contributed by atoms with Crippen LogP contribution in [0.5, 0.6) is 0 Å². The summed E-state index contributed by atoms with van der Waals surface area (Å²) in [5.41, 5.74) is 1.77. The van der Waals surface area contributed by atoms with E-state index in [0.29, 0.717) is 30.0 Å². The van der Waals surface area contributed by atoms with Crippen LogP contribution >= 0.6 is 0 Å². The molecule has 0 bridgehead atoms. The standard InChI is InChI=1S/C23H32FN5O2/c1-14-8-9-15(12-16(14)24)20-26-18(17-13-28(6)10-7-11-29(17)20)21(30)27-19(22(31)25-5)23(2,3)4/h8-9,12,19H,7,10-11,13H2,1-6H3,(H,25,31)(H,27,30)/t19-/m1/s1. The van der Waals surface area contributed by atoms with Gasteiger partial charge in [-0.2, -0.15) is 0 Å². The molecule has 2 heterocycles. The highest BCUT2D eigenvalue weighted by Gasteiger charge is 2.34. The van der Waals surface area contributed by atoms with E-state index in [1.54, 1.807) is 20.0 Å². The molecule has 0 saturated heterocycles. The van der Waals surface area contributed by atoms with Crippen molar-refractivity contribution in [3.05, 3.63) is 41.0 Å². The van der Waals surface area contributed by atoms with Crippen LogP contribution < -0.4 is 10.6 Å². The van der Waals surface area contributed by atoms with Crippen LogP contribution in [0.2, 0.25) is 0 Å². The molecular weight excluding hydrogens is 397 g/mol. The second-order valence-corrected chi connectivity index (χ2v) is 9.32. The number of halogens is 1.